The maximum absolute atomic E-state index is 13.3. The number of hydrogen-bond acceptors (Lipinski definition) is 5. The smallest absolute Gasteiger partial charge is 0.300 e. The molecule has 0 aromatic heterocycles. The highest BCUT2D eigenvalue weighted by Crippen LogP contribution is 2.43. The van der Waals surface area contributed by atoms with Crippen molar-refractivity contribution >= 4 is 40.4 Å². The summed E-state index contributed by atoms with van der Waals surface area (Å²) in [5.41, 5.74) is 2.67. The highest BCUT2D eigenvalue weighted by molar-refractivity contribution is 6.51. The lowest BCUT2D eigenvalue weighted by Gasteiger charge is -2.27. The highest BCUT2D eigenvalue weighted by Gasteiger charge is 2.47. The molecular weight excluding hydrogens is 476 g/mol. The first-order valence-electron chi connectivity index (χ1n) is 12.0. The van der Waals surface area contributed by atoms with E-state index in [2.05, 4.69) is 18.7 Å². The fourth-order valence-corrected chi connectivity index (χ4v) is 4.71. The van der Waals surface area contributed by atoms with Crippen molar-refractivity contribution < 1.29 is 19.4 Å². The maximum atomic E-state index is 13.3. The minimum atomic E-state index is -0.819. The van der Waals surface area contributed by atoms with Crippen LogP contribution >= 0.6 is 11.6 Å². The summed E-state index contributed by atoms with van der Waals surface area (Å²) in [5.74, 6) is -1.06. The van der Waals surface area contributed by atoms with Crippen molar-refractivity contribution in [3.8, 4) is 5.75 Å². The van der Waals surface area contributed by atoms with Gasteiger partial charge in [-0.25, -0.2) is 0 Å². The average molecular weight is 505 g/mol. The Balaban J connectivity index is 1.86. The van der Waals surface area contributed by atoms with Crippen LogP contribution in [0.5, 0.6) is 5.75 Å². The molecule has 1 amide bonds. The lowest BCUT2D eigenvalue weighted by Crippen LogP contribution is -2.29. The Hall–Kier alpha value is -3.77. The number of ketones is 1. The Morgan fingerprint density at radius 1 is 0.972 bits per heavy atom. The number of benzene rings is 3. The SMILES string of the molecule is CCOc1ccc(/C(O)=C2\C(=O)C(=O)N(c3cccc(Cl)c3)C2c2ccc(N(CC)CC)cc2)cc1. The molecule has 1 N–H and O–H groups in total. The van der Waals surface area contributed by atoms with Gasteiger partial charge in [0.25, 0.3) is 11.7 Å². The molecule has 3 aromatic carbocycles. The van der Waals surface area contributed by atoms with Gasteiger partial charge in [0, 0.05) is 35.1 Å². The van der Waals surface area contributed by atoms with Gasteiger partial charge in [0.15, 0.2) is 0 Å². The van der Waals surface area contributed by atoms with E-state index in [0.717, 1.165) is 18.8 Å². The van der Waals surface area contributed by atoms with Crippen LogP contribution in [0, 0.1) is 0 Å². The normalized spacial score (nSPS) is 16.9. The summed E-state index contributed by atoms with van der Waals surface area (Å²) >= 11 is 6.22. The number of aliphatic hydroxyl groups is 1. The predicted octanol–water partition coefficient (Wildman–Crippen LogP) is 6.21. The molecule has 1 aliphatic rings. The topological polar surface area (TPSA) is 70.1 Å². The number of carbonyl (C=O) groups is 2. The Labute approximate surface area is 216 Å². The first-order chi connectivity index (χ1) is 17.4. The third-order valence-corrected chi connectivity index (χ3v) is 6.54. The van der Waals surface area contributed by atoms with Crippen LogP contribution in [0.3, 0.4) is 0 Å². The predicted molar refractivity (Wildman–Crippen MR) is 144 cm³/mol. The van der Waals surface area contributed by atoms with E-state index in [1.54, 1.807) is 48.5 Å². The molecule has 1 aliphatic heterocycles. The summed E-state index contributed by atoms with van der Waals surface area (Å²) in [6.45, 7) is 8.28. The highest BCUT2D eigenvalue weighted by atomic mass is 35.5. The fraction of sp³-hybridized carbons (Fsp3) is 0.241. The number of Topliss-reactive ketones (excluding diaryl/α,β-unsaturated/α-hetero) is 1. The Morgan fingerprint density at radius 2 is 1.64 bits per heavy atom. The second kappa shape index (κ2) is 10.9. The molecule has 7 heteroatoms. The Bertz CT molecular complexity index is 1280. The van der Waals surface area contributed by atoms with Gasteiger partial charge >= 0.3 is 0 Å². The third kappa shape index (κ3) is 4.82. The molecule has 1 unspecified atom stereocenters. The lowest BCUT2D eigenvalue weighted by atomic mass is 9.95. The van der Waals surface area contributed by atoms with Crippen LogP contribution in [0.4, 0.5) is 11.4 Å². The van der Waals surface area contributed by atoms with Crippen LogP contribution in [-0.4, -0.2) is 36.5 Å². The van der Waals surface area contributed by atoms with Crippen molar-refractivity contribution in [2.75, 3.05) is 29.5 Å². The first-order valence-corrected chi connectivity index (χ1v) is 12.4. The molecule has 0 saturated carbocycles. The van der Waals surface area contributed by atoms with Crippen LogP contribution in [0.15, 0.2) is 78.4 Å². The zero-order valence-corrected chi connectivity index (χ0v) is 21.3. The van der Waals surface area contributed by atoms with Gasteiger partial charge < -0.3 is 14.7 Å². The molecule has 0 radical (unpaired) electrons. The van der Waals surface area contributed by atoms with Crippen LogP contribution in [0.2, 0.25) is 5.02 Å². The molecule has 1 heterocycles. The van der Waals surface area contributed by atoms with E-state index in [4.69, 9.17) is 16.3 Å². The van der Waals surface area contributed by atoms with Crippen LogP contribution in [0.25, 0.3) is 5.76 Å². The second-order valence-electron chi connectivity index (χ2n) is 8.37. The van der Waals surface area contributed by atoms with E-state index in [0.29, 0.717) is 34.2 Å². The molecule has 0 bridgehead atoms. The zero-order chi connectivity index (χ0) is 25.8. The van der Waals surface area contributed by atoms with Crippen molar-refractivity contribution in [2.24, 2.45) is 0 Å². The molecule has 1 fully saturated rings. The van der Waals surface area contributed by atoms with E-state index in [-0.39, 0.29) is 11.3 Å². The molecule has 0 aliphatic carbocycles. The monoisotopic (exact) mass is 504 g/mol. The summed E-state index contributed by atoms with van der Waals surface area (Å²) in [4.78, 5) is 30.3. The molecule has 1 saturated heterocycles. The molecule has 36 heavy (non-hydrogen) atoms. The lowest BCUT2D eigenvalue weighted by molar-refractivity contribution is -0.132. The molecule has 4 rings (SSSR count). The minimum Gasteiger partial charge on any atom is -0.507 e. The van der Waals surface area contributed by atoms with Crippen molar-refractivity contribution in [1.82, 2.24) is 0 Å². The van der Waals surface area contributed by atoms with Gasteiger partial charge in [0.05, 0.1) is 18.2 Å². The average Bonchev–Trinajstić information content (AvgIpc) is 3.15. The minimum absolute atomic E-state index is 0.0275. The fourth-order valence-electron chi connectivity index (χ4n) is 4.53. The van der Waals surface area contributed by atoms with Crippen LogP contribution in [-0.2, 0) is 9.59 Å². The molecule has 6 nitrogen and oxygen atoms in total. The summed E-state index contributed by atoms with van der Waals surface area (Å²) in [6, 6.07) is 20.5. The van der Waals surface area contributed by atoms with Crippen molar-refractivity contribution in [3.05, 3.63) is 94.5 Å². The van der Waals surface area contributed by atoms with Gasteiger partial charge in [-0.15, -0.1) is 0 Å². The summed E-state index contributed by atoms with van der Waals surface area (Å²) < 4.78 is 5.49. The van der Waals surface area contributed by atoms with Crippen molar-refractivity contribution in [2.45, 2.75) is 26.8 Å². The number of amides is 1. The van der Waals surface area contributed by atoms with E-state index >= 15 is 0 Å². The van der Waals surface area contributed by atoms with Gasteiger partial charge in [-0.2, -0.15) is 0 Å². The Morgan fingerprint density at radius 3 is 2.22 bits per heavy atom. The standard InChI is InChI=1S/C29H29ClN2O4/c1-4-31(5-2)22-14-10-19(11-15-22)26-25(27(33)20-12-16-24(17-13-20)36-6-3)28(34)29(35)32(26)23-9-7-8-21(30)18-23/h7-18,26,33H,4-6H2,1-3H3/b27-25+. The summed E-state index contributed by atoms with van der Waals surface area (Å²) in [6.07, 6.45) is 0. The molecule has 0 spiro atoms. The number of hydrogen-bond donors (Lipinski definition) is 1. The van der Waals surface area contributed by atoms with Gasteiger partial charge in [0.1, 0.15) is 11.5 Å². The quantitative estimate of drug-likeness (QED) is 0.224. The van der Waals surface area contributed by atoms with E-state index < -0.39 is 17.7 Å². The Kier molecular flexibility index (Phi) is 7.65. The number of halogens is 1. The van der Waals surface area contributed by atoms with Gasteiger partial charge in [-0.3, -0.25) is 14.5 Å². The number of aliphatic hydroxyl groups excluding tert-OH is 1. The third-order valence-electron chi connectivity index (χ3n) is 6.31. The number of carbonyl (C=O) groups excluding carboxylic acids is 2. The zero-order valence-electron chi connectivity index (χ0n) is 20.6. The molecular formula is C29H29ClN2O4. The van der Waals surface area contributed by atoms with E-state index in [1.165, 1.54) is 4.90 Å². The van der Waals surface area contributed by atoms with Crippen LogP contribution < -0.4 is 14.5 Å². The first kappa shape index (κ1) is 25.3. The summed E-state index contributed by atoms with van der Waals surface area (Å²) in [7, 11) is 0. The van der Waals surface area contributed by atoms with E-state index in [1.807, 2.05) is 31.2 Å². The number of rotatable bonds is 8. The molecule has 3 aromatic rings. The maximum Gasteiger partial charge on any atom is 0.300 e. The number of nitrogens with zero attached hydrogens (tertiary/aromatic N) is 2. The van der Waals surface area contributed by atoms with Crippen molar-refractivity contribution in [1.29, 1.82) is 0 Å². The molecule has 1 atom stereocenters. The van der Waals surface area contributed by atoms with Crippen molar-refractivity contribution in [3.63, 3.8) is 0 Å². The van der Waals surface area contributed by atoms with E-state index in [9.17, 15) is 14.7 Å². The number of anilines is 2. The van der Waals surface area contributed by atoms with Gasteiger partial charge in [-0.05, 0) is 80.9 Å². The largest absolute Gasteiger partial charge is 0.507 e. The van der Waals surface area contributed by atoms with Crippen LogP contribution in [0.1, 0.15) is 37.9 Å². The molecule has 186 valence electrons. The number of ether oxygens (including phenoxy) is 1. The van der Waals surface area contributed by atoms with Gasteiger partial charge in [0.2, 0.25) is 0 Å². The van der Waals surface area contributed by atoms with Gasteiger partial charge in [-0.1, -0.05) is 29.8 Å². The second-order valence-corrected chi connectivity index (χ2v) is 8.81. The summed E-state index contributed by atoms with van der Waals surface area (Å²) in [5, 5.41) is 11.7.